The number of aliphatic hydroxyl groups is 1. The van der Waals surface area contributed by atoms with E-state index in [2.05, 4.69) is 58.5 Å². The lowest BCUT2D eigenvalue weighted by atomic mass is 10.0. The molecule has 0 aromatic carbocycles. The van der Waals surface area contributed by atoms with Crippen molar-refractivity contribution in [3.8, 4) is 0 Å². The number of carbonyl (C=O) groups excluding carboxylic acids is 12. The Morgan fingerprint density at radius 3 is 1.80 bits per heavy atom. The Labute approximate surface area is 467 Å². The largest absolute Gasteiger partial charge is 0.444 e. The Bertz CT molecular complexity index is 2110. The summed E-state index contributed by atoms with van der Waals surface area (Å²) in [4.78, 5) is 157. The molecule has 0 aliphatic carbocycles. The van der Waals surface area contributed by atoms with Gasteiger partial charge in [0.1, 0.15) is 41.9 Å². The van der Waals surface area contributed by atoms with Crippen LogP contribution in [0.25, 0.3) is 0 Å². The zero-order chi connectivity index (χ0) is 60.1. The highest BCUT2D eigenvalue weighted by Crippen LogP contribution is 2.18. The van der Waals surface area contributed by atoms with Gasteiger partial charge in [-0.25, -0.2) is 4.79 Å². The average molecular weight is 1140 g/mol. The predicted molar refractivity (Wildman–Crippen MR) is 290 cm³/mol. The van der Waals surface area contributed by atoms with Gasteiger partial charge in [-0.3, -0.25) is 52.7 Å². The molecule has 1 unspecified atom stereocenters. The fourth-order valence-corrected chi connectivity index (χ4v) is 8.40. The highest BCUT2D eigenvalue weighted by atomic mass is 16.6. The van der Waals surface area contributed by atoms with Crippen molar-refractivity contribution in [2.24, 2.45) is 23.3 Å². The highest BCUT2D eigenvalue weighted by Gasteiger charge is 2.37. The van der Waals surface area contributed by atoms with Crippen LogP contribution < -0.4 is 70.0 Å². The first kappa shape index (κ1) is 69.4. The van der Waals surface area contributed by atoms with E-state index in [1.807, 2.05) is 0 Å². The van der Waals surface area contributed by atoms with Crippen LogP contribution >= 0.6 is 0 Å². The van der Waals surface area contributed by atoms with Crippen molar-refractivity contribution in [1.82, 2.24) is 63.4 Å². The summed E-state index contributed by atoms with van der Waals surface area (Å²) in [7, 11) is 0. The number of hydrogen-bond acceptors (Lipinski definition) is 17. The molecule has 12 amide bonds. The third-order valence-electron chi connectivity index (χ3n) is 12.4. The van der Waals surface area contributed by atoms with E-state index in [0.29, 0.717) is 32.2 Å². The molecular formula is C51H90N14O15. The van der Waals surface area contributed by atoms with Gasteiger partial charge in [0.25, 0.3) is 0 Å². The molecule has 0 bridgehead atoms. The number of rotatable bonds is 35. The standard InChI is InChI=1S/C51H90N14O15/c1-29(2)22-36(64-47(75)34(14-15-39(53)67)61-40(68)26-57-45(73)35-24-32(66)25-56-35)46(74)58-27-41(69)62-37(23-30(3)4)48(76)60-31(5)43(71)59-28-42(70)65-19-11-13-38(65)49(77)63-33(12-9-10-16-52)44(72)54-17-20-79-21-18-55-50(78)80-51(6,7)8/h29-38,56,66H,9-28,52H2,1-8H3,(H2,53,67)(H,54,72)(H,55,78)(H,57,73)(H,58,74)(H,59,71)(H,60,76)(H,61,68)(H,62,69)(H,63,77)(H,64,75)/t31-,32+,33-,34-,35-,36-,37-,38?/m0/s1. The molecule has 0 spiro atoms. The van der Waals surface area contributed by atoms with Gasteiger partial charge in [0, 0.05) is 32.6 Å². The molecular weight excluding hydrogens is 1050 g/mol. The van der Waals surface area contributed by atoms with Crippen molar-refractivity contribution >= 4 is 71.1 Å². The van der Waals surface area contributed by atoms with Crippen LogP contribution in [0, 0.1) is 11.8 Å². The minimum Gasteiger partial charge on any atom is -0.444 e. The average Bonchev–Trinajstić information content (AvgIpc) is 4.06. The number of unbranched alkanes of at least 4 members (excludes halogenated alkanes) is 1. The van der Waals surface area contributed by atoms with E-state index in [1.165, 1.54) is 11.8 Å². The first-order chi connectivity index (χ1) is 37.6. The Kier molecular flexibility index (Phi) is 31.1. The second kappa shape index (κ2) is 35.8. The van der Waals surface area contributed by atoms with Crippen molar-refractivity contribution < 1.29 is 72.1 Å². The zero-order valence-corrected chi connectivity index (χ0v) is 47.7. The van der Waals surface area contributed by atoms with Crippen LogP contribution in [0.15, 0.2) is 0 Å². The maximum Gasteiger partial charge on any atom is 0.407 e. The summed E-state index contributed by atoms with van der Waals surface area (Å²) in [6.07, 6.45) is 0.705. The van der Waals surface area contributed by atoms with E-state index in [9.17, 15) is 62.6 Å². The smallest absolute Gasteiger partial charge is 0.407 e. The summed E-state index contributed by atoms with van der Waals surface area (Å²) < 4.78 is 10.7. The maximum atomic E-state index is 13.6. The number of likely N-dealkylation sites (tertiary alicyclic amines) is 1. The molecule has 0 saturated carbocycles. The fourth-order valence-electron chi connectivity index (χ4n) is 8.40. The molecule has 2 heterocycles. The van der Waals surface area contributed by atoms with E-state index in [4.69, 9.17) is 20.9 Å². The number of carbonyl (C=O) groups is 12. The second-order valence-corrected chi connectivity index (χ2v) is 21.7. The Balaban J connectivity index is 1.95. The van der Waals surface area contributed by atoms with Crippen molar-refractivity contribution in [3.63, 3.8) is 0 Å². The molecule has 2 aliphatic heterocycles. The van der Waals surface area contributed by atoms with E-state index < -0.39 is 145 Å². The molecule has 454 valence electrons. The summed E-state index contributed by atoms with van der Waals surface area (Å²) >= 11 is 0. The SMILES string of the molecule is CC(C)C[C@H](NC(=O)CNC(=O)[C@H](CC(C)C)NC(=O)[C@H](CCC(N)=O)NC(=O)CNC(=O)[C@@H]1C[C@@H](O)CN1)C(=O)N[C@@H](C)C(=O)NCC(=O)N1CCCC1C(=O)N[C@@H](CCCCN)C(=O)NCCOCCNC(=O)OC(C)(C)C. The normalized spacial score (nSPS) is 17.9. The summed E-state index contributed by atoms with van der Waals surface area (Å²) in [6.45, 7) is 13.5. The molecule has 2 rings (SSSR count). The van der Waals surface area contributed by atoms with Gasteiger partial charge in [0.05, 0.1) is 45.0 Å². The number of alkyl carbamates (subject to hydrolysis) is 1. The number of primary amides is 1. The zero-order valence-electron chi connectivity index (χ0n) is 47.7. The molecule has 0 radical (unpaired) electrons. The maximum absolute atomic E-state index is 13.6. The first-order valence-electron chi connectivity index (χ1n) is 27.4. The van der Waals surface area contributed by atoms with Gasteiger partial charge in [0.15, 0.2) is 0 Å². The van der Waals surface area contributed by atoms with Crippen LogP contribution in [0.4, 0.5) is 4.79 Å². The van der Waals surface area contributed by atoms with Gasteiger partial charge in [-0.1, -0.05) is 27.7 Å². The molecule has 2 saturated heterocycles. The molecule has 0 aromatic rings. The Morgan fingerprint density at radius 2 is 1.21 bits per heavy atom. The van der Waals surface area contributed by atoms with Crippen LogP contribution in [-0.4, -0.2) is 201 Å². The number of nitrogens with two attached hydrogens (primary N) is 2. The van der Waals surface area contributed by atoms with Gasteiger partial charge >= 0.3 is 6.09 Å². The fraction of sp³-hybridized carbons (Fsp3) is 0.765. The topological polar surface area (TPSA) is 431 Å². The third kappa shape index (κ3) is 27.9. The number of amides is 12. The third-order valence-corrected chi connectivity index (χ3v) is 12.4. The van der Waals surface area contributed by atoms with Gasteiger partial charge < -0.3 is 89.4 Å². The lowest BCUT2D eigenvalue weighted by Crippen LogP contribution is -2.57. The lowest BCUT2D eigenvalue weighted by molar-refractivity contribution is -0.140. The van der Waals surface area contributed by atoms with Crippen molar-refractivity contribution in [1.29, 1.82) is 0 Å². The molecule has 2 fully saturated rings. The summed E-state index contributed by atoms with van der Waals surface area (Å²) in [5.74, 6) is -7.87. The number of hydrogen-bond donors (Lipinski definition) is 14. The van der Waals surface area contributed by atoms with Crippen LogP contribution in [0.5, 0.6) is 0 Å². The van der Waals surface area contributed by atoms with Crippen LogP contribution in [0.1, 0.15) is 120 Å². The molecule has 0 aromatic heterocycles. The minimum atomic E-state index is -1.35. The van der Waals surface area contributed by atoms with E-state index in [-0.39, 0.29) is 89.8 Å². The van der Waals surface area contributed by atoms with Gasteiger partial charge in [-0.15, -0.1) is 0 Å². The number of nitrogens with one attached hydrogen (secondary N) is 11. The molecule has 2 aliphatic rings. The number of β-amino-alcohol motifs (C(OH)–C–C–N with tert-alkyl or cyclic N) is 1. The van der Waals surface area contributed by atoms with Crippen molar-refractivity contribution in [2.45, 2.75) is 174 Å². The molecule has 29 nitrogen and oxygen atoms in total. The van der Waals surface area contributed by atoms with Gasteiger partial charge in [-0.05, 0) is 104 Å². The number of ether oxygens (including phenoxy) is 2. The van der Waals surface area contributed by atoms with E-state index in [1.54, 1.807) is 48.5 Å². The summed E-state index contributed by atoms with van der Waals surface area (Å²) in [5.41, 5.74) is 10.3. The molecule has 29 heteroatoms. The Morgan fingerprint density at radius 1 is 0.650 bits per heavy atom. The van der Waals surface area contributed by atoms with Crippen molar-refractivity contribution in [2.75, 3.05) is 65.6 Å². The summed E-state index contributed by atoms with van der Waals surface area (Å²) in [6, 6.07) is -7.55. The summed E-state index contributed by atoms with van der Waals surface area (Å²) in [5, 5.41) is 38.1. The van der Waals surface area contributed by atoms with Crippen LogP contribution in [0.3, 0.4) is 0 Å². The predicted octanol–water partition coefficient (Wildman–Crippen LogP) is -4.36. The van der Waals surface area contributed by atoms with Gasteiger partial charge in [-0.2, -0.15) is 0 Å². The molecule has 8 atom stereocenters. The van der Waals surface area contributed by atoms with Crippen molar-refractivity contribution in [3.05, 3.63) is 0 Å². The monoisotopic (exact) mass is 1140 g/mol. The minimum absolute atomic E-state index is 0.0833. The second-order valence-electron chi connectivity index (χ2n) is 21.7. The molecule has 80 heavy (non-hydrogen) atoms. The van der Waals surface area contributed by atoms with E-state index in [0.717, 1.165) is 0 Å². The van der Waals surface area contributed by atoms with E-state index >= 15 is 0 Å². The quantitative estimate of drug-likeness (QED) is 0.0267. The van der Waals surface area contributed by atoms with Gasteiger partial charge in [0.2, 0.25) is 65.0 Å². The molecule has 16 N–H and O–H groups in total. The lowest BCUT2D eigenvalue weighted by Gasteiger charge is -2.27. The number of aliphatic hydroxyl groups excluding tert-OH is 1. The van der Waals surface area contributed by atoms with Crippen LogP contribution in [0.2, 0.25) is 0 Å². The highest BCUT2D eigenvalue weighted by molar-refractivity contribution is 5.97. The van der Waals surface area contributed by atoms with Crippen LogP contribution in [-0.2, 0) is 62.2 Å². The number of nitrogens with zero attached hydrogens (tertiary/aromatic N) is 1. The Hall–Kier alpha value is -6.72. The first-order valence-corrected chi connectivity index (χ1v) is 27.4.